The molecule has 3 aromatic rings. The van der Waals surface area contributed by atoms with Crippen LogP contribution in [0.3, 0.4) is 0 Å². The van der Waals surface area contributed by atoms with Gasteiger partial charge in [0.1, 0.15) is 4.90 Å². The zero-order valence-corrected chi connectivity index (χ0v) is 18.6. The second-order valence-corrected chi connectivity index (χ2v) is 9.22. The number of sulfonamides is 1. The molecule has 30 heavy (non-hydrogen) atoms. The van der Waals surface area contributed by atoms with Crippen LogP contribution in [-0.2, 0) is 21.2 Å². The van der Waals surface area contributed by atoms with Crippen molar-refractivity contribution in [2.24, 2.45) is 0 Å². The molecule has 11 heteroatoms. The Hall–Kier alpha value is -2.20. The summed E-state index contributed by atoms with van der Waals surface area (Å²) in [5, 5.41) is 7.15. The molecule has 0 spiro atoms. The third-order valence-corrected chi connectivity index (χ3v) is 6.70. The molecule has 0 fully saturated rings. The number of rotatable bonds is 9. The van der Waals surface area contributed by atoms with Crippen LogP contribution in [0.1, 0.15) is 24.1 Å². The van der Waals surface area contributed by atoms with Crippen LogP contribution in [0, 0.1) is 6.92 Å². The van der Waals surface area contributed by atoms with Crippen LogP contribution in [0.5, 0.6) is 0 Å². The van der Waals surface area contributed by atoms with Crippen molar-refractivity contribution in [3.63, 3.8) is 0 Å². The summed E-state index contributed by atoms with van der Waals surface area (Å²) < 4.78 is 28.8. The molecular formula is C19H21Cl2N5O3S. The predicted molar refractivity (Wildman–Crippen MR) is 115 cm³/mol. The van der Waals surface area contributed by atoms with Gasteiger partial charge < -0.3 is 5.32 Å². The van der Waals surface area contributed by atoms with E-state index in [1.54, 1.807) is 16.8 Å². The highest BCUT2D eigenvalue weighted by atomic mass is 35.5. The molecule has 2 heterocycles. The van der Waals surface area contributed by atoms with Crippen LogP contribution in [0.25, 0.3) is 5.65 Å². The maximum atomic E-state index is 12.3. The van der Waals surface area contributed by atoms with E-state index < -0.39 is 10.0 Å². The van der Waals surface area contributed by atoms with E-state index in [1.807, 2.05) is 19.2 Å². The van der Waals surface area contributed by atoms with E-state index in [0.717, 1.165) is 29.7 Å². The van der Waals surface area contributed by atoms with Gasteiger partial charge in [-0.05, 0) is 37.5 Å². The summed E-state index contributed by atoms with van der Waals surface area (Å²) in [7, 11) is -3.90. The van der Waals surface area contributed by atoms with Crippen molar-refractivity contribution in [3.05, 3.63) is 58.0 Å². The van der Waals surface area contributed by atoms with Gasteiger partial charge in [0, 0.05) is 38.0 Å². The number of nitrogens with zero attached hydrogens (tertiary/aromatic N) is 3. The normalized spacial score (nSPS) is 11.7. The first-order chi connectivity index (χ1) is 14.3. The Labute approximate surface area is 184 Å². The molecule has 1 aromatic carbocycles. The second-order valence-electron chi connectivity index (χ2n) is 6.70. The highest BCUT2D eigenvalue weighted by Crippen LogP contribution is 2.28. The fourth-order valence-electron chi connectivity index (χ4n) is 2.88. The largest absolute Gasteiger partial charge is 0.356 e. The SMILES string of the molecule is Cc1cc2ncc(CCCNC(=O)CCNS(=O)(=O)c3c(Cl)cccc3Cl)cn2n1. The smallest absolute Gasteiger partial charge is 0.243 e. The molecular weight excluding hydrogens is 449 g/mol. The average Bonchev–Trinajstić information content (AvgIpc) is 3.04. The monoisotopic (exact) mass is 469 g/mol. The molecule has 8 nitrogen and oxygen atoms in total. The molecule has 3 rings (SSSR count). The van der Waals surface area contributed by atoms with Gasteiger partial charge in [0.25, 0.3) is 0 Å². The Kier molecular flexibility index (Phi) is 7.30. The van der Waals surface area contributed by atoms with E-state index in [4.69, 9.17) is 23.2 Å². The molecule has 0 aliphatic carbocycles. The molecule has 0 saturated carbocycles. The number of hydrogen-bond acceptors (Lipinski definition) is 5. The Morgan fingerprint density at radius 2 is 1.93 bits per heavy atom. The molecule has 0 saturated heterocycles. The highest BCUT2D eigenvalue weighted by molar-refractivity contribution is 7.89. The molecule has 0 aliphatic heterocycles. The molecule has 0 atom stereocenters. The third-order valence-electron chi connectivity index (χ3n) is 4.29. The Balaban J connectivity index is 1.40. The number of halogens is 2. The fourth-order valence-corrected chi connectivity index (χ4v) is 5.05. The predicted octanol–water partition coefficient (Wildman–Crippen LogP) is 2.76. The number of carbonyl (C=O) groups excluding carboxylic acids is 1. The number of amides is 1. The quantitative estimate of drug-likeness (QED) is 0.468. The number of benzene rings is 1. The van der Waals surface area contributed by atoms with Crippen LogP contribution in [0.15, 0.2) is 41.6 Å². The highest BCUT2D eigenvalue weighted by Gasteiger charge is 2.21. The molecule has 0 aliphatic rings. The summed E-state index contributed by atoms with van der Waals surface area (Å²) in [6.07, 6.45) is 5.18. The zero-order valence-electron chi connectivity index (χ0n) is 16.2. The lowest BCUT2D eigenvalue weighted by Crippen LogP contribution is -2.31. The van der Waals surface area contributed by atoms with Gasteiger partial charge in [-0.25, -0.2) is 22.6 Å². The lowest BCUT2D eigenvalue weighted by molar-refractivity contribution is -0.120. The summed E-state index contributed by atoms with van der Waals surface area (Å²) in [5.74, 6) is -0.251. The van der Waals surface area contributed by atoms with Crippen LogP contribution in [0.2, 0.25) is 10.0 Å². The van der Waals surface area contributed by atoms with Crippen molar-refractivity contribution < 1.29 is 13.2 Å². The van der Waals surface area contributed by atoms with Crippen LogP contribution < -0.4 is 10.0 Å². The van der Waals surface area contributed by atoms with Gasteiger partial charge in [-0.2, -0.15) is 5.10 Å². The number of fused-ring (bicyclic) bond motifs is 1. The molecule has 2 N–H and O–H groups in total. The molecule has 160 valence electrons. The van der Waals surface area contributed by atoms with Crippen molar-refractivity contribution in [2.45, 2.75) is 31.1 Å². The van der Waals surface area contributed by atoms with Crippen LogP contribution in [-0.4, -0.2) is 42.0 Å². The fraction of sp³-hybridized carbons (Fsp3) is 0.316. The minimum atomic E-state index is -3.90. The maximum Gasteiger partial charge on any atom is 0.243 e. The van der Waals surface area contributed by atoms with Gasteiger partial charge in [0.15, 0.2) is 5.65 Å². The lowest BCUT2D eigenvalue weighted by atomic mass is 10.2. The van der Waals surface area contributed by atoms with E-state index in [1.165, 1.54) is 12.1 Å². The van der Waals surface area contributed by atoms with E-state index in [0.29, 0.717) is 6.54 Å². The summed E-state index contributed by atoms with van der Waals surface area (Å²) in [4.78, 5) is 16.1. The van der Waals surface area contributed by atoms with Crippen LogP contribution >= 0.6 is 23.2 Å². The van der Waals surface area contributed by atoms with Crippen LogP contribution in [0.4, 0.5) is 0 Å². The summed E-state index contributed by atoms with van der Waals surface area (Å²) in [5.41, 5.74) is 2.72. The maximum absolute atomic E-state index is 12.3. The van der Waals surface area contributed by atoms with Crippen molar-refractivity contribution >= 4 is 44.8 Å². The summed E-state index contributed by atoms with van der Waals surface area (Å²) in [6, 6.07) is 6.34. The molecule has 0 bridgehead atoms. The molecule has 0 radical (unpaired) electrons. The van der Waals surface area contributed by atoms with Gasteiger partial charge in [0.2, 0.25) is 15.9 Å². The van der Waals surface area contributed by atoms with Crippen molar-refractivity contribution in [1.82, 2.24) is 24.6 Å². The summed E-state index contributed by atoms with van der Waals surface area (Å²) >= 11 is 11.9. The standard InChI is InChI=1S/C19H21Cl2N5O3S/c1-13-10-17-23-11-14(12-26(17)25-13)4-3-8-22-18(27)7-9-24-30(28,29)19-15(20)5-2-6-16(19)21/h2,5-6,10-12,24H,3-4,7-9H2,1H3,(H,22,27). The van der Waals surface area contributed by atoms with Gasteiger partial charge >= 0.3 is 0 Å². The van der Waals surface area contributed by atoms with E-state index in [-0.39, 0.29) is 33.8 Å². The molecule has 2 aromatic heterocycles. The van der Waals surface area contributed by atoms with Crippen molar-refractivity contribution in [2.75, 3.05) is 13.1 Å². The minimum Gasteiger partial charge on any atom is -0.356 e. The van der Waals surface area contributed by atoms with Gasteiger partial charge in [-0.15, -0.1) is 0 Å². The first-order valence-electron chi connectivity index (χ1n) is 9.27. The lowest BCUT2D eigenvalue weighted by Gasteiger charge is -2.10. The number of aromatic nitrogens is 3. The topological polar surface area (TPSA) is 105 Å². The second kappa shape index (κ2) is 9.74. The first kappa shape index (κ1) is 22.5. The van der Waals surface area contributed by atoms with Gasteiger partial charge in [0.05, 0.1) is 15.7 Å². The number of hydrogen-bond donors (Lipinski definition) is 2. The van der Waals surface area contributed by atoms with Crippen molar-refractivity contribution in [3.8, 4) is 0 Å². The number of nitrogens with one attached hydrogen (secondary N) is 2. The summed E-state index contributed by atoms with van der Waals surface area (Å²) in [6.45, 7) is 2.32. The average molecular weight is 470 g/mol. The third kappa shape index (κ3) is 5.69. The Bertz CT molecular complexity index is 1140. The minimum absolute atomic E-state index is 0.00137. The molecule has 0 unspecified atom stereocenters. The number of aryl methyl sites for hydroxylation is 2. The first-order valence-corrected chi connectivity index (χ1v) is 11.5. The number of carbonyl (C=O) groups is 1. The zero-order chi connectivity index (χ0) is 21.7. The van der Waals surface area contributed by atoms with Gasteiger partial charge in [-0.3, -0.25) is 4.79 Å². The Morgan fingerprint density at radius 1 is 1.20 bits per heavy atom. The van der Waals surface area contributed by atoms with E-state index in [9.17, 15) is 13.2 Å². The Morgan fingerprint density at radius 3 is 2.67 bits per heavy atom. The van der Waals surface area contributed by atoms with Gasteiger partial charge in [-0.1, -0.05) is 29.3 Å². The van der Waals surface area contributed by atoms with E-state index >= 15 is 0 Å². The molecule has 1 amide bonds. The van der Waals surface area contributed by atoms with Crippen molar-refractivity contribution in [1.29, 1.82) is 0 Å². The van der Waals surface area contributed by atoms with E-state index in [2.05, 4.69) is 20.1 Å².